The lowest BCUT2D eigenvalue weighted by molar-refractivity contribution is -0.870. The molecule has 0 aromatic carbocycles. The quantitative estimate of drug-likeness (QED) is 0.0243. The van der Waals surface area contributed by atoms with Crippen LogP contribution in [0.2, 0.25) is 0 Å². The number of likely N-dealkylation sites (N-methyl/N-ethyl adjacent to an activating group) is 1. The highest BCUT2D eigenvalue weighted by Crippen LogP contribution is 2.43. The molecule has 0 aliphatic rings. The van der Waals surface area contributed by atoms with Crippen molar-refractivity contribution in [2.45, 2.75) is 264 Å². The van der Waals surface area contributed by atoms with Gasteiger partial charge < -0.3 is 19.8 Å². The Morgan fingerprint density at radius 2 is 0.892 bits per heavy atom. The number of nitrogens with one attached hydrogen (secondary N) is 1. The Labute approximate surface area is 403 Å². The number of unbranched alkanes of at least 4 members (excludes halogenated alkanes) is 31. The van der Waals surface area contributed by atoms with Crippen LogP contribution in [-0.4, -0.2) is 73.4 Å². The summed E-state index contributed by atoms with van der Waals surface area (Å²) in [7, 11) is 1.55. The first kappa shape index (κ1) is 63.5. The minimum Gasteiger partial charge on any atom is -0.387 e. The molecule has 0 fully saturated rings. The molecule has 0 aliphatic heterocycles. The van der Waals surface area contributed by atoms with Gasteiger partial charge in [-0.1, -0.05) is 229 Å². The average Bonchev–Trinajstić information content (AvgIpc) is 3.26. The molecule has 1 amide bonds. The van der Waals surface area contributed by atoms with E-state index in [9.17, 15) is 19.4 Å². The van der Waals surface area contributed by atoms with Gasteiger partial charge in [0.1, 0.15) is 13.2 Å². The molecular formula is C56H108N2O6P+. The number of hydrogen-bond donors (Lipinski definition) is 3. The Balaban J connectivity index is 4.23. The van der Waals surface area contributed by atoms with Crippen molar-refractivity contribution in [1.82, 2.24) is 5.32 Å². The van der Waals surface area contributed by atoms with Crippen molar-refractivity contribution >= 4 is 13.7 Å². The van der Waals surface area contributed by atoms with E-state index in [1.54, 1.807) is 6.08 Å². The third kappa shape index (κ3) is 50.2. The summed E-state index contributed by atoms with van der Waals surface area (Å²) < 4.78 is 23.6. The van der Waals surface area contributed by atoms with Crippen molar-refractivity contribution in [1.29, 1.82) is 0 Å². The SMILES string of the molecule is CCCCCCCCCCC/C=C\C/C=C\CCCCCCCCCCCCCC(=O)NC(COP(=O)(O)OCC[N+](C)(C)C)C(O)/C=C/CC/C=C/CCCCCCCCCCCC. The van der Waals surface area contributed by atoms with E-state index < -0.39 is 20.0 Å². The number of phosphoric ester groups is 1. The van der Waals surface area contributed by atoms with Crippen LogP contribution in [0.15, 0.2) is 48.6 Å². The Morgan fingerprint density at radius 1 is 0.523 bits per heavy atom. The standard InChI is InChI=1S/C56H107N2O6P/c1-6-8-10-12-14-16-18-20-22-24-25-26-27-28-29-30-31-32-33-34-36-38-40-42-44-46-48-50-56(60)57-54(53-64-65(61,62)63-52-51-58(3,4)5)55(59)49-47-45-43-41-39-37-35-23-21-19-17-15-13-11-9-7-2/h25-26,28-29,39,41,47,49,54-55,59H,6-24,27,30-38,40,42-46,48,50-53H2,1-5H3,(H-,57,60,61,62)/p+1/b26-25-,29-28-,41-39+,49-47+. The fraction of sp³-hybridized carbons (Fsp3) is 0.839. The van der Waals surface area contributed by atoms with Crippen LogP contribution >= 0.6 is 7.82 Å². The van der Waals surface area contributed by atoms with E-state index in [4.69, 9.17) is 9.05 Å². The lowest BCUT2D eigenvalue weighted by atomic mass is 10.0. The third-order valence-electron chi connectivity index (χ3n) is 12.3. The second kappa shape index (κ2) is 47.5. The molecule has 0 aromatic heterocycles. The van der Waals surface area contributed by atoms with Crippen molar-refractivity contribution < 1.29 is 32.9 Å². The Morgan fingerprint density at radius 3 is 1.32 bits per heavy atom. The Hall–Kier alpha value is -1.54. The first-order chi connectivity index (χ1) is 31.5. The number of quaternary nitrogens is 1. The van der Waals surface area contributed by atoms with E-state index in [0.717, 1.165) is 44.9 Å². The summed E-state index contributed by atoms with van der Waals surface area (Å²) in [5.41, 5.74) is 0. The number of carbonyl (C=O) groups excluding carboxylic acids is 1. The second-order valence-corrected chi connectivity index (χ2v) is 21.4. The van der Waals surface area contributed by atoms with Crippen molar-refractivity contribution in [2.24, 2.45) is 0 Å². The highest BCUT2D eigenvalue weighted by Gasteiger charge is 2.27. The van der Waals surface area contributed by atoms with Crippen LogP contribution in [0.4, 0.5) is 0 Å². The fourth-order valence-electron chi connectivity index (χ4n) is 7.91. The molecule has 0 aromatic rings. The van der Waals surface area contributed by atoms with Gasteiger partial charge in [0.05, 0.1) is 39.9 Å². The maximum Gasteiger partial charge on any atom is 0.472 e. The zero-order chi connectivity index (χ0) is 47.8. The van der Waals surface area contributed by atoms with Gasteiger partial charge in [0.2, 0.25) is 5.91 Å². The molecule has 0 aliphatic carbocycles. The van der Waals surface area contributed by atoms with Crippen molar-refractivity contribution in [3.63, 3.8) is 0 Å². The zero-order valence-corrected chi connectivity index (χ0v) is 44.4. The predicted molar refractivity (Wildman–Crippen MR) is 281 cm³/mol. The maximum atomic E-state index is 12.9. The monoisotopic (exact) mass is 936 g/mol. The molecule has 0 heterocycles. The first-order valence-electron chi connectivity index (χ1n) is 27.5. The molecule has 0 spiro atoms. The molecule has 0 bridgehead atoms. The third-order valence-corrected chi connectivity index (χ3v) is 13.3. The van der Waals surface area contributed by atoms with E-state index in [1.165, 1.54) is 186 Å². The smallest absolute Gasteiger partial charge is 0.387 e. The van der Waals surface area contributed by atoms with E-state index in [0.29, 0.717) is 17.4 Å². The van der Waals surface area contributed by atoms with Crippen molar-refractivity contribution in [3.8, 4) is 0 Å². The lowest BCUT2D eigenvalue weighted by Gasteiger charge is -2.25. The van der Waals surface area contributed by atoms with Gasteiger partial charge in [-0.15, -0.1) is 0 Å². The van der Waals surface area contributed by atoms with Gasteiger partial charge in [-0.3, -0.25) is 13.8 Å². The fourth-order valence-corrected chi connectivity index (χ4v) is 8.65. The molecule has 0 radical (unpaired) electrons. The lowest BCUT2D eigenvalue weighted by Crippen LogP contribution is -2.45. The van der Waals surface area contributed by atoms with Gasteiger partial charge in [0.25, 0.3) is 0 Å². The van der Waals surface area contributed by atoms with Gasteiger partial charge >= 0.3 is 7.82 Å². The number of aliphatic hydroxyl groups is 1. The summed E-state index contributed by atoms with van der Waals surface area (Å²) in [6.45, 7) is 4.81. The van der Waals surface area contributed by atoms with Gasteiger partial charge in [0.15, 0.2) is 0 Å². The molecular weight excluding hydrogens is 828 g/mol. The van der Waals surface area contributed by atoms with Gasteiger partial charge in [-0.05, 0) is 64.2 Å². The minimum absolute atomic E-state index is 0.0551. The van der Waals surface area contributed by atoms with Crippen molar-refractivity contribution in [2.75, 3.05) is 40.9 Å². The van der Waals surface area contributed by atoms with Crippen molar-refractivity contribution in [3.05, 3.63) is 48.6 Å². The number of aliphatic hydroxyl groups excluding tert-OH is 1. The number of allylic oxidation sites excluding steroid dienone is 7. The number of nitrogens with zero attached hydrogens (tertiary/aromatic N) is 1. The molecule has 3 N–H and O–H groups in total. The van der Waals surface area contributed by atoms with Crippen LogP contribution in [0.5, 0.6) is 0 Å². The van der Waals surface area contributed by atoms with E-state index >= 15 is 0 Å². The van der Waals surface area contributed by atoms with Crippen LogP contribution in [-0.2, 0) is 18.4 Å². The number of carbonyl (C=O) groups is 1. The highest BCUT2D eigenvalue weighted by molar-refractivity contribution is 7.47. The molecule has 0 saturated carbocycles. The molecule has 3 atom stereocenters. The number of amides is 1. The van der Waals surface area contributed by atoms with E-state index in [2.05, 4.69) is 55.6 Å². The van der Waals surface area contributed by atoms with E-state index in [-0.39, 0.29) is 19.1 Å². The summed E-state index contributed by atoms with van der Waals surface area (Å²) >= 11 is 0. The maximum absolute atomic E-state index is 12.9. The Bertz CT molecular complexity index is 1200. The van der Waals surface area contributed by atoms with Crippen LogP contribution in [0.1, 0.15) is 251 Å². The molecule has 65 heavy (non-hydrogen) atoms. The summed E-state index contributed by atoms with van der Waals surface area (Å²) in [6, 6.07) is -0.865. The number of phosphoric acid groups is 1. The molecule has 8 nitrogen and oxygen atoms in total. The van der Waals surface area contributed by atoms with Gasteiger partial charge in [0, 0.05) is 6.42 Å². The summed E-state index contributed by atoms with van der Waals surface area (Å²) in [6.07, 6.45) is 62.1. The van der Waals surface area contributed by atoms with Crippen LogP contribution < -0.4 is 5.32 Å². The first-order valence-corrected chi connectivity index (χ1v) is 29.0. The molecule has 0 rings (SSSR count). The number of hydrogen-bond acceptors (Lipinski definition) is 5. The molecule has 0 saturated heterocycles. The van der Waals surface area contributed by atoms with E-state index in [1.807, 2.05) is 27.2 Å². The van der Waals surface area contributed by atoms with Crippen LogP contribution in [0.25, 0.3) is 0 Å². The van der Waals surface area contributed by atoms with Gasteiger partial charge in [-0.25, -0.2) is 4.57 Å². The summed E-state index contributed by atoms with van der Waals surface area (Å²) in [5.74, 6) is -0.188. The summed E-state index contributed by atoms with van der Waals surface area (Å²) in [4.78, 5) is 23.2. The normalized spacial score (nSPS) is 14.4. The predicted octanol–water partition coefficient (Wildman–Crippen LogP) is 16.4. The topological polar surface area (TPSA) is 105 Å². The van der Waals surface area contributed by atoms with Crippen LogP contribution in [0.3, 0.4) is 0 Å². The largest absolute Gasteiger partial charge is 0.472 e. The summed E-state index contributed by atoms with van der Waals surface area (Å²) in [5, 5.41) is 13.9. The zero-order valence-electron chi connectivity index (χ0n) is 43.5. The average molecular weight is 936 g/mol. The molecule has 382 valence electrons. The minimum atomic E-state index is -4.35. The second-order valence-electron chi connectivity index (χ2n) is 19.9. The van der Waals surface area contributed by atoms with Gasteiger partial charge in [-0.2, -0.15) is 0 Å². The van der Waals surface area contributed by atoms with Crippen LogP contribution in [0, 0.1) is 0 Å². The molecule has 3 unspecified atom stereocenters. The highest BCUT2D eigenvalue weighted by atomic mass is 31.2. The molecule has 9 heteroatoms. The number of rotatable bonds is 50. The Kier molecular flexibility index (Phi) is 46.4.